The van der Waals surface area contributed by atoms with E-state index in [0.29, 0.717) is 0 Å². The quantitative estimate of drug-likeness (QED) is 0.543. The summed E-state index contributed by atoms with van der Waals surface area (Å²) in [5.74, 6) is 0. The van der Waals surface area contributed by atoms with Gasteiger partial charge in [-0.1, -0.05) is 0 Å². The molecular weight excluding hydrogens is 104 g/mol. The molecule has 0 bridgehead atoms. The maximum atomic E-state index is 8.68. The van der Waals surface area contributed by atoms with Gasteiger partial charge in [0.25, 0.3) is 0 Å². The molecule has 52 valence electrons. The van der Waals surface area contributed by atoms with E-state index in [2.05, 4.69) is 0 Å². The van der Waals surface area contributed by atoms with E-state index in [4.69, 9.17) is 5.11 Å². The minimum Gasteiger partial charge on any atom is -0.392 e. The molecule has 1 unspecified atom stereocenters. The molecule has 0 heterocycles. The van der Waals surface area contributed by atoms with Crippen molar-refractivity contribution in [3.05, 3.63) is 0 Å². The third-order valence-electron chi connectivity index (χ3n) is 0.629. The first-order valence-electron chi connectivity index (χ1n) is 2.45. The second-order valence-corrected chi connectivity index (χ2v) is 2.11. The van der Waals surface area contributed by atoms with Crippen LogP contribution in [0.15, 0.2) is 0 Å². The predicted molar refractivity (Wildman–Crippen MR) is 35.3 cm³/mol. The number of nitrogens with zero attached hydrogens (tertiary/aromatic N) is 1. The van der Waals surface area contributed by atoms with Crippen LogP contribution < -0.4 is 6.15 Å². The van der Waals surface area contributed by atoms with Crippen molar-refractivity contribution in [3.8, 4) is 0 Å². The molecule has 4 N–H and O–H groups in total. The van der Waals surface area contributed by atoms with Crippen molar-refractivity contribution < 1.29 is 5.11 Å². The first-order chi connectivity index (χ1) is 3.13. The van der Waals surface area contributed by atoms with E-state index < -0.39 is 0 Å². The molecule has 0 aromatic carbocycles. The van der Waals surface area contributed by atoms with E-state index in [-0.39, 0.29) is 12.3 Å². The molecule has 0 aliphatic carbocycles. The van der Waals surface area contributed by atoms with E-state index in [1.807, 2.05) is 19.0 Å². The zero-order valence-electron chi connectivity index (χ0n) is 5.89. The minimum atomic E-state index is -0.199. The summed E-state index contributed by atoms with van der Waals surface area (Å²) in [5, 5.41) is 8.68. The Morgan fingerprint density at radius 3 is 1.88 bits per heavy atom. The number of aliphatic hydroxyl groups excluding tert-OH is 1. The van der Waals surface area contributed by atoms with E-state index in [9.17, 15) is 0 Å². The molecule has 0 saturated carbocycles. The molecule has 1 atom stereocenters. The smallest absolute Gasteiger partial charge is 0.0638 e. The Morgan fingerprint density at radius 2 is 1.88 bits per heavy atom. The number of hydrogen-bond donors (Lipinski definition) is 2. The van der Waals surface area contributed by atoms with Gasteiger partial charge in [0, 0.05) is 6.54 Å². The van der Waals surface area contributed by atoms with Gasteiger partial charge in [-0.15, -0.1) is 0 Å². The van der Waals surface area contributed by atoms with Gasteiger partial charge < -0.3 is 16.2 Å². The lowest BCUT2D eigenvalue weighted by Crippen LogP contribution is -2.22. The van der Waals surface area contributed by atoms with Gasteiger partial charge in [0.05, 0.1) is 6.10 Å². The second-order valence-electron chi connectivity index (χ2n) is 2.11. The molecule has 0 saturated heterocycles. The highest BCUT2D eigenvalue weighted by Gasteiger charge is 1.93. The van der Waals surface area contributed by atoms with Crippen LogP contribution in [0.25, 0.3) is 0 Å². The average Bonchev–Trinajstić information content (AvgIpc) is 1.27. The molecule has 0 aliphatic rings. The lowest BCUT2D eigenvalue weighted by molar-refractivity contribution is 0.154. The van der Waals surface area contributed by atoms with Crippen molar-refractivity contribution in [2.24, 2.45) is 0 Å². The van der Waals surface area contributed by atoms with Gasteiger partial charge in [-0.05, 0) is 21.0 Å². The molecule has 3 nitrogen and oxygen atoms in total. The summed E-state index contributed by atoms with van der Waals surface area (Å²) in [6, 6.07) is 0. The molecule has 3 heteroatoms. The fourth-order valence-corrected chi connectivity index (χ4v) is 0.528. The van der Waals surface area contributed by atoms with Crippen molar-refractivity contribution in [2.45, 2.75) is 13.0 Å². The standard InChI is InChI=1S/C5H13NO.H3N/c1-5(7)4-6(2)3;/h5,7H,4H2,1-3H3;1H3. The highest BCUT2D eigenvalue weighted by Crippen LogP contribution is 1.80. The Morgan fingerprint density at radius 1 is 1.50 bits per heavy atom. The maximum Gasteiger partial charge on any atom is 0.0638 e. The van der Waals surface area contributed by atoms with Crippen molar-refractivity contribution >= 4 is 0 Å². The van der Waals surface area contributed by atoms with E-state index >= 15 is 0 Å². The fraction of sp³-hybridized carbons (Fsp3) is 1.00. The van der Waals surface area contributed by atoms with Crippen molar-refractivity contribution in [3.63, 3.8) is 0 Å². The third kappa shape index (κ3) is 9.30. The highest BCUT2D eigenvalue weighted by atomic mass is 16.3. The number of rotatable bonds is 2. The Balaban J connectivity index is 0. The highest BCUT2D eigenvalue weighted by molar-refractivity contribution is 4.48. The van der Waals surface area contributed by atoms with Crippen LogP contribution in [0.2, 0.25) is 0 Å². The number of likely N-dealkylation sites (N-methyl/N-ethyl adjacent to an activating group) is 1. The summed E-state index contributed by atoms with van der Waals surface area (Å²) in [5.41, 5.74) is 0. The SMILES string of the molecule is CC(O)CN(C)C.N. The first-order valence-corrected chi connectivity index (χ1v) is 2.45. The Labute approximate surface area is 50.9 Å². The topological polar surface area (TPSA) is 58.5 Å². The third-order valence-corrected chi connectivity index (χ3v) is 0.629. The molecule has 8 heavy (non-hydrogen) atoms. The molecule has 0 amide bonds. The summed E-state index contributed by atoms with van der Waals surface area (Å²) < 4.78 is 0. The Hall–Kier alpha value is -0.120. The zero-order valence-corrected chi connectivity index (χ0v) is 5.89. The van der Waals surface area contributed by atoms with Crippen LogP contribution in [0.4, 0.5) is 0 Å². The lowest BCUT2D eigenvalue weighted by Gasteiger charge is -2.10. The molecule has 0 rings (SSSR count). The molecule has 0 aromatic rings. The van der Waals surface area contributed by atoms with E-state index in [1.54, 1.807) is 6.92 Å². The van der Waals surface area contributed by atoms with Gasteiger partial charge in [0.2, 0.25) is 0 Å². The minimum absolute atomic E-state index is 0. The molecule has 0 aromatic heterocycles. The predicted octanol–water partition coefficient (Wildman–Crippen LogP) is 0.0908. The molecule has 0 spiro atoms. The fourth-order valence-electron chi connectivity index (χ4n) is 0.528. The van der Waals surface area contributed by atoms with E-state index in [1.165, 1.54) is 0 Å². The van der Waals surface area contributed by atoms with Crippen LogP contribution in [0.5, 0.6) is 0 Å². The van der Waals surface area contributed by atoms with Gasteiger partial charge in [0.1, 0.15) is 0 Å². The summed E-state index contributed by atoms with van der Waals surface area (Å²) in [6.07, 6.45) is -0.199. The molecule has 0 radical (unpaired) electrons. The average molecular weight is 120 g/mol. The van der Waals surface area contributed by atoms with Crippen molar-refractivity contribution in [1.29, 1.82) is 0 Å². The van der Waals surface area contributed by atoms with Crippen molar-refractivity contribution in [1.82, 2.24) is 11.1 Å². The van der Waals surface area contributed by atoms with Crippen LogP contribution in [0.1, 0.15) is 6.92 Å². The van der Waals surface area contributed by atoms with Crippen LogP contribution in [-0.4, -0.2) is 36.8 Å². The Bertz CT molecular complexity index is 39.7. The molecular formula is C5H16N2O. The number of aliphatic hydroxyl groups is 1. The van der Waals surface area contributed by atoms with Crippen molar-refractivity contribution in [2.75, 3.05) is 20.6 Å². The monoisotopic (exact) mass is 120 g/mol. The van der Waals surface area contributed by atoms with Gasteiger partial charge >= 0.3 is 0 Å². The van der Waals surface area contributed by atoms with Gasteiger partial charge in [-0.2, -0.15) is 0 Å². The zero-order chi connectivity index (χ0) is 5.86. The van der Waals surface area contributed by atoms with Gasteiger partial charge in [-0.3, -0.25) is 0 Å². The normalized spacial score (nSPS) is 13.1. The second kappa shape index (κ2) is 5.03. The summed E-state index contributed by atoms with van der Waals surface area (Å²) in [4.78, 5) is 1.95. The summed E-state index contributed by atoms with van der Waals surface area (Å²) in [6.45, 7) is 2.53. The maximum absolute atomic E-state index is 8.68. The summed E-state index contributed by atoms with van der Waals surface area (Å²) in [7, 11) is 3.87. The van der Waals surface area contributed by atoms with Crippen LogP contribution in [0.3, 0.4) is 0 Å². The molecule has 0 aliphatic heterocycles. The molecule has 0 fully saturated rings. The lowest BCUT2D eigenvalue weighted by atomic mass is 10.4. The largest absolute Gasteiger partial charge is 0.392 e. The summed E-state index contributed by atoms with van der Waals surface area (Å²) >= 11 is 0. The van der Waals surface area contributed by atoms with Crippen LogP contribution >= 0.6 is 0 Å². The van der Waals surface area contributed by atoms with Crippen LogP contribution in [-0.2, 0) is 0 Å². The van der Waals surface area contributed by atoms with Gasteiger partial charge in [0.15, 0.2) is 0 Å². The number of hydrogen-bond acceptors (Lipinski definition) is 3. The van der Waals surface area contributed by atoms with E-state index in [0.717, 1.165) is 6.54 Å². The van der Waals surface area contributed by atoms with Gasteiger partial charge in [-0.25, -0.2) is 0 Å². The first kappa shape index (κ1) is 10.8. The Kier molecular flexibility index (Phi) is 6.78. The van der Waals surface area contributed by atoms with Crippen LogP contribution in [0, 0.1) is 0 Å².